The Kier molecular flexibility index (Phi) is 5.80. The lowest BCUT2D eigenvalue weighted by atomic mass is 9.95. The number of nitrogen functional groups attached to an aromatic ring is 1. The van der Waals surface area contributed by atoms with Crippen LogP contribution in [0.4, 0.5) is 29.1 Å². The number of hydrogen-bond acceptors (Lipinski definition) is 8. The predicted octanol–water partition coefficient (Wildman–Crippen LogP) is 4.82. The number of nitrogens with zero attached hydrogens (tertiary/aromatic N) is 5. The van der Waals surface area contributed by atoms with Crippen LogP contribution in [0.25, 0.3) is 32.9 Å². The summed E-state index contributed by atoms with van der Waals surface area (Å²) in [6, 6.07) is 2.39. The minimum absolute atomic E-state index is 0.0120. The van der Waals surface area contributed by atoms with Gasteiger partial charge in [0.25, 0.3) is 0 Å². The Balaban J connectivity index is 1.33. The van der Waals surface area contributed by atoms with Crippen molar-refractivity contribution in [2.24, 2.45) is 5.92 Å². The molecule has 2 N–H and O–H groups in total. The highest BCUT2D eigenvalue weighted by Crippen LogP contribution is 2.46. The van der Waals surface area contributed by atoms with Gasteiger partial charge in [0.05, 0.1) is 39.9 Å². The number of fused-ring (bicyclic) bond motifs is 4. The van der Waals surface area contributed by atoms with Crippen molar-refractivity contribution in [3.05, 3.63) is 47.6 Å². The molecule has 45 heavy (non-hydrogen) atoms. The lowest BCUT2D eigenvalue weighted by Crippen LogP contribution is -2.43. The molecule has 1 aliphatic carbocycles. The third kappa shape index (κ3) is 4.47. The van der Waals surface area contributed by atoms with E-state index in [1.165, 1.54) is 18.3 Å². The van der Waals surface area contributed by atoms with Gasteiger partial charge in [0.15, 0.2) is 5.82 Å². The second kappa shape index (κ2) is 10.4. The van der Waals surface area contributed by atoms with E-state index >= 15 is 4.39 Å². The Morgan fingerprint density at radius 3 is 2.98 bits per heavy atom. The molecule has 2 aromatic carbocycles. The SMILES string of the molecule is [2H]c1cc(F)c(C#C)c2c(-c3ncc4c(N5CCOC[C@H]6[C@H](F)[C@H]65)nc(OC([2H])([2H])[C@@]56CCCN5C[C@H](F)C6)nc4c3F)cc(N)cc12. The molecular weight excluding hydrogens is 588 g/mol. The Labute approximate surface area is 260 Å². The third-order valence-electron chi connectivity index (χ3n) is 9.43. The highest BCUT2D eigenvalue weighted by atomic mass is 19.1. The van der Waals surface area contributed by atoms with E-state index in [1.807, 2.05) is 0 Å². The zero-order valence-corrected chi connectivity index (χ0v) is 24.0. The minimum Gasteiger partial charge on any atom is -0.461 e. The molecule has 12 heteroatoms. The standard InChI is InChI=1S/C33H30F4N6O2/c1-2-20-24(35)5-4-17-10-19(38)11-21(25(17)20)28-27(37)29-22(13-39-28)31(43-8-9-44-15-23-26(36)30(23)43)41-32(40-29)45-16-33-6-3-7-42(33)14-18(34)12-33/h1,4-5,10-11,13,18,23,26,30H,3,6-9,12,14-16,38H2/t18-,23+,26+,30+,33+/m1/s1/i4D,16D2. The van der Waals surface area contributed by atoms with Gasteiger partial charge in [-0.25, -0.2) is 17.6 Å². The smallest absolute Gasteiger partial charge is 0.319 e. The van der Waals surface area contributed by atoms with Crippen LogP contribution in [0, 0.1) is 29.9 Å². The number of alkyl halides is 2. The van der Waals surface area contributed by atoms with E-state index in [2.05, 4.69) is 20.9 Å². The van der Waals surface area contributed by atoms with Crippen LogP contribution in [0.3, 0.4) is 0 Å². The Bertz CT molecular complexity index is 2050. The van der Waals surface area contributed by atoms with Gasteiger partial charge in [-0.3, -0.25) is 9.88 Å². The first-order valence-corrected chi connectivity index (χ1v) is 14.9. The zero-order valence-electron chi connectivity index (χ0n) is 27.0. The van der Waals surface area contributed by atoms with E-state index < -0.39 is 54.0 Å². The Hall–Kier alpha value is -4.21. The van der Waals surface area contributed by atoms with Gasteiger partial charge in [-0.2, -0.15) is 9.97 Å². The molecule has 0 bridgehead atoms. The molecule has 4 aliphatic rings. The maximum atomic E-state index is 16.9. The minimum atomic E-state index is -2.48. The summed E-state index contributed by atoms with van der Waals surface area (Å²) in [6.45, 7) is -1.29. The molecule has 5 heterocycles. The summed E-state index contributed by atoms with van der Waals surface area (Å²) in [7, 11) is 0. The second-order valence-electron chi connectivity index (χ2n) is 12.1. The van der Waals surface area contributed by atoms with Crippen LogP contribution in [0.5, 0.6) is 6.01 Å². The lowest BCUT2D eigenvalue weighted by Gasteiger charge is -2.31. The van der Waals surface area contributed by atoms with Crippen molar-refractivity contribution in [1.29, 1.82) is 0 Å². The molecule has 232 valence electrons. The third-order valence-corrected chi connectivity index (χ3v) is 9.43. The van der Waals surface area contributed by atoms with Crippen molar-refractivity contribution in [2.75, 3.05) is 50.0 Å². The molecule has 4 fully saturated rings. The topological polar surface area (TPSA) is 89.6 Å². The molecule has 8 rings (SSSR count). The van der Waals surface area contributed by atoms with Crippen LogP contribution >= 0.6 is 0 Å². The summed E-state index contributed by atoms with van der Waals surface area (Å²) in [6.07, 6.45) is 5.37. The van der Waals surface area contributed by atoms with Gasteiger partial charge in [0.2, 0.25) is 0 Å². The number of ether oxygens (including phenoxy) is 2. The maximum Gasteiger partial charge on any atom is 0.319 e. The summed E-state index contributed by atoms with van der Waals surface area (Å²) in [4.78, 5) is 16.6. The first kappa shape index (κ1) is 25.0. The molecule has 4 aromatic rings. The van der Waals surface area contributed by atoms with E-state index in [0.717, 1.165) is 6.07 Å². The summed E-state index contributed by atoms with van der Waals surface area (Å²) in [5.41, 5.74) is 4.17. The molecule has 0 spiro atoms. The fourth-order valence-corrected chi connectivity index (χ4v) is 7.27. The lowest BCUT2D eigenvalue weighted by molar-refractivity contribution is 0.107. The van der Waals surface area contributed by atoms with Gasteiger partial charge in [-0.1, -0.05) is 12.0 Å². The second-order valence-corrected chi connectivity index (χ2v) is 12.1. The Morgan fingerprint density at radius 1 is 1.27 bits per heavy atom. The monoisotopic (exact) mass is 621 g/mol. The number of pyridine rings is 1. The predicted molar refractivity (Wildman–Crippen MR) is 161 cm³/mol. The van der Waals surface area contributed by atoms with Crippen LogP contribution in [-0.4, -0.2) is 83.2 Å². The number of rotatable bonds is 5. The Morgan fingerprint density at radius 2 is 2.13 bits per heavy atom. The summed E-state index contributed by atoms with van der Waals surface area (Å²) >= 11 is 0. The number of nitrogens with two attached hydrogens (primary N) is 1. The number of halogens is 4. The van der Waals surface area contributed by atoms with Crippen molar-refractivity contribution in [2.45, 2.75) is 43.2 Å². The van der Waals surface area contributed by atoms with E-state index in [4.69, 9.17) is 25.7 Å². The maximum absolute atomic E-state index is 16.9. The van der Waals surface area contributed by atoms with E-state index in [-0.39, 0.29) is 88.8 Å². The normalized spacial score (nSPS) is 29.0. The molecule has 0 unspecified atom stereocenters. The molecule has 1 saturated carbocycles. The largest absolute Gasteiger partial charge is 0.461 e. The van der Waals surface area contributed by atoms with Crippen LogP contribution in [0.1, 0.15) is 28.9 Å². The molecule has 8 nitrogen and oxygen atoms in total. The fraction of sp³-hybridized carbons (Fsp3) is 0.424. The molecule has 5 atom stereocenters. The molecule has 3 saturated heterocycles. The first-order valence-electron chi connectivity index (χ1n) is 16.4. The van der Waals surface area contributed by atoms with Crippen LogP contribution in [0.2, 0.25) is 0 Å². The van der Waals surface area contributed by atoms with Crippen LogP contribution < -0.4 is 15.4 Å². The summed E-state index contributed by atoms with van der Waals surface area (Å²) in [5.74, 6) is 0.0582. The molecule has 2 aromatic heterocycles. The molecule has 3 aliphatic heterocycles. The number of terminal acetylenes is 1. The number of hydrogen-bond donors (Lipinski definition) is 1. The number of benzene rings is 2. The summed E-state index contributed by atoms with van der Waals surface area (Å²) in [5, 5.41) is 0.326. The average Bonchev–Trinajstić information content (AvgIpc) is 3.39. The zero-order chi connectivity index (χ0) is 33.7. The van der Waals surface area contributed by atoms with Crippen LogP contribution in [0.15, 0.2) is 30.4 Å². The fourth-order valence-electron chi connectivity index (χ4n) is 7.27. The van der Waals surface area contributed by atoms with Crippen molar-refractivity contribution < 1.29 is 31.1 Å². The quantitative estimate of drug-likeness (QED) is 0.193. The van der Waals surface area contributed by atoms with Gasteiger partial charge in [0.1, 0.15) is 41.7 Å². The van der Waals surface area contributed by atoms with Crippen molar-refractivity contribution in [1.82, 2.24) is 19.9 Å². The molecular formula is C33H30F4N6O2. The van der Waals surface area contributed by atoms with E-state index in [9.17, 15) is 13.2 Å². The molecule has 0 radical (unpaired) electrons. The van der Waals surface area contributed by atoms with Gasteiger partial charge >= 0.3 is 6.01 Å². The van der Waals surface area contributed by atoms with Gasteiger partial charge in [0, 0.05) is 48.3 Å². The average molecular weight is 622 g/mol. The molecule has 0 amide bonds. The highest BCUT2D eigenvalue weighted by molar-refractivity contribution is 6.03. The first-order chi connectivity index (χ1) is 22.9. The summed E-state index contributed by atoms with van der Waals surface area (Å²) < 4.78 is 99.4. The highest BCUT2D eigenvalue weighted by Gasteiger charge is 2.56. The number of anilines is 2. The number of aromatic nitrogens is 3. The van der Waals surface area contributed by atoms with Crippen molar-refractivity contribution in [3.8, 4) is 29.6 Å². The van der Waals surface area contributed by atoms with Gasteiger partial charge < -0.3 is 20.1 Å². The van der Waals surface area contributed by atoms with E-state index in [1.54, 1.807) is 9.80 Å². The van der Waals surface area contributed by atoms with Gasteiger partial charge in [-0.15, -0.1) is 6.42 Å². The van der Waals surface area contributed by atoms with E-state index in [0.29, 0.717) is 19.4 Å². The van der Waals surface area contributed by atoms with Crippen molar-refractivity contribution >= 4 is 33.2 Å². The van der Waals surface area contributed by atoms with Crippen molar-refractivity contribution in [3.63, 3.8) is 0 Å². The van der Waals surface area contributed by atoms with Gasteiger partial charge in [-0.05, 0) is 43.0 Å². The van der Waals surface area contributed by atoms with Crippen LogP contribution in [-0.2, 0) is 4.74 Å².